The first-order valence-electron chi connectivity index (χ1n) is 4.61. The van der Waals surface area contributed by atoms with Gasteiger partial charge in [-0.25, -0.2) is 0 Å². The quantitative estimate of drug-likeness (QED) is 0.641. The first-order valence-corrected chi connectivity index (χ1v) is 6.05. The van der Waals surface area contributed by atoms with Crippen molar-refractivity contribution >= 4 is 15.9 Å². The summed E-state index contributed by atoms with van der Waals surface area (Å²) in [6.07, 6.45) is 0. The highest BCUT2D eigenvalue weighted by Gasteiger charge is 2.18. The molecule has 1 aromatic carbocycles. The molecule has 0 bridgehead atoms. The van der Waals surface area contributed by atoms with E-state index in [1.54, 1.807) is 6.92 Å². The van der Waals surface area contributed by atoms with Crippen molar-refractivity contribution in [3.05, 3.63) is 23.8 Å². The molecule has 0 aliphatic carbocycles. The van der Waals surface area contributed by atoms with E-state index in [1.165, 1.54) is 19.1 Å². The highest BCUT2D eigenvalue weighted by atomic mass is 32.2. The van der Waals surface area contributed by atoms with Gasteiger partial charge >= 0.3 is 0 Å². The minimum Gasteiger partial charge on any atom is -0.492 e. The normalized spacial score (nSPS) is 11.2. The Balaban J connectivity index is 3.39. The van der Waals surface area contributed by atoms with Crippen molar-refractivity contribution < 1.29 is 22.5 Å². The predicted octanol–water partition coefficient (Wildman–Crippen LogP) is 1.53. The lowest BCUT2D eigenvalue weighted by molar-refractivity contribution is 0.101. The van der Waals surface area contributed by atoms with Gasteiger partial charge in [-0.2, -0.15) is 8.42 Å². The van der Waals surface area contributed by atoms with Gasteiger partial charge in [0.15, 0.2) is 5.78 Å². The van der Waals surface area contributed by atoms with Crippen LogP contribution in [-0.4, -0.2) is 25.4 Å². The van der Waals surface area contributed by atoms with Crippen molar-refractivity contribution in [2.75, 3.05) is 6.61 Å². The average molecular weight is 244 g/mol. The molecule has 1 N–H and O–H groups in total. The molecule has 0 fully saturated rings. The fourth-order valence-corrected chi connectivity index (χ4v) is 1.86. The molecule has 0 unspecified atom stereocenters. The van der Waals surface area contributed by atoms with Crippen LogP contribution >= 0.6 is 0 Å². The highest BCUT2D eigenvalue weighted by molar-refractivity contribution is 7.86. The number of hydrogen-bond acceptors (Lipinski definition) is 4. The molecule has 0 saturated carbocycles. The monoisotopic (exact) mass is 244 g/mol. The van der Waals surface area contributed by atoms with Gasteiger partial charge in [0.25, 0.3) is 10.1 Å². The molecule has 0 spiro atoms. The van der Waals surface area contributed by atoms with Crippen LogP contribution in [0.5, 0.6) is 5.75 Å². The molecule has 5 nitrogen and oxygen atoms in total. The van der Waals surface area contributed by atoms with Crippen molar-refractivity contribution in [2.24, 2.45) is 0 Å². The lowest BCUT2D eigenvalue weighted by Crippen LogP contribution is -2.05. The minimum atomic E-state index is -4.39. The van der Waals surface area contributed by atoms with Gasteiger partial charge in [-0.3, -0.25) is 9.35 Å². The smallest absolute Gasteiger partial charge is 0.298 e. The second-order valence-electron chi connectivity index (χ2n) is 3.13. The molecule has 1 aromatic rings. The number of carbonyl (C=O) groups is 1. The average Bonchev–Trinajstić information content (AvgIpc) is 2.16. The van der Waals surface area contributed by atoms with E-state index < -0.39 is 10.1 Å². The largest absolute Gasteiger partial charge is 0.492 e. The van der Waals surface area contributed by atoms with Gasteiger partial charge in [0.05, 0.1) is 6.61 Å². The lowest BCUT2D eigenvalue weighted by Gasteiger charge is -2.08. The second-order valence-corrected chi connectivity index (χ2v) is 4.52. The van der Waals surface area contributed by atoms with E-state index in [2.05, 4.69) is 0 Å². The first-order chi connectivity index (χ1) is 7.36. The van der Waals surface area contributed by atoms with Crippen LogP contribution in [0.25, 0.3) is 0 Å². The Morgan fingerprint density at radius 3 is 2.50 bits per heavy atom. The van der Waals surface area contributed by atoms with Crippen LogP contribution in [0.3, 0.4) is 0 Å². The van der Waals surface area contributed by atoms with Gasteiger partial charge in [-0.15, -0.1) is 0 Å². The van der Waals surface area contributed by atoms with Crippen LogP contribution in [0.1, 0.15) is 24.2 Å². The Morgan fingerprint density at radius 1 is 1.44 bits per heavy atom. The van der Waals surface area contributed by atoms with E-state index in [0.29, 0.717) is 0 Å². The van der Waals surface area contributed by atoms with Gasteiger partial charge in [0.2, 0.25) is 0 Å². The third-order valence-electron chi connectivity index (χ3n) is 1.93. The molecule has 0 aromatic heterocycles. The van der Waals surface area contributed by atoms with E-state index >= 15 is 0 Å². The zero-order valence-corrected chi connectivity index (χ0v) is 9.74. The van der Waals surface area contributed by atoms with Crippen LogP contribution in [-0.2, 0) is 10.1 Å². The zero-order chi connectivity index (χ0) is 12.3. The summed E-state index contributed by atoms with van der Waals surface area (Å²) in [6, 6.07) is 3.90. The Kier molecular flexibility index (Phi) is 3.66. The summed E-state index contributed by atoms with van der Waals surface area (Å²) in [7, 11) is -4.39. The molecular formula is C10H12O5S. The fraction of sp³-hybridized carbons (Fsp3) is 0.300. The summed E-state index contributed by atoms with van der Waals surface area (Å²) in [5, 5.41) is 0. The van der Waals surface area contributed by atoms with Crippen molar-refractivity contribution in [1.29, 1.82) is 0 Å². The van der Waals surface area contributed by atoms with Crippen molar-refractivity contribution in [1.82, 2.24) is 0 Å². The minimum absolute atomic E-state index is 0.0370. The van der Waals surface area contributed by atoms with Crippen LogP contribution in [0.2, 0.25) is 0 Å². The molecule has 1 rings (SSSR count). The summed E-state index contributed by atoms with van der Waals surface area (Å²) >= 11 is 0. The summed E-state index contributed by atoms with van der Waals surface area (Å²) in [5.41, 5.74) is 0.205. The van der Waals surface area contributed by atoms with Crippen molar-refractivity contribution in [3.63, 3.8) is 0 Å². The fourth-order valence-electron chi connectivity index (χ4n) is 1.20. The number of ketones is 1. The van der Waals surface area contributed by atoms with Crippen molar-refractivity contribution in [3.8, 4) is 5.75 Å². The lowest BCUT2D eigenvalue weighted by atomic mass is 10.1. The van der Waals surface area contributed by atoms with Crippen LogP contribution < -0.4 is 4.74 Å². The van der Waals surface area contributed by atoms with E-state index in [-0.39, 0.29) is 28.6 Å². The number of Topliss-reactive ketones (excluding diaryl/α,β-unsaturated/α-hetero) is 1. The summed E-state index contributed by atoms with van der Waals surface area (Å²) < 4.78 is 36.2. The second kappa shape index (κ2) is 4.63. The molecule has 0 aliphatic heterocycles. The van der Waals surface area contributed by atoms with Crippen LogP contribution in [0, 0.1) is 0 Å². The number of carbonyl (C=O) groups excluding carboxylic acids is 1. The maximum atomic E-state index is 11.1. The van der Waals surface area contributed by atoms with Gasteiger partial charge in [0.1, 0.15) is 10.6 Å². The topological polar surface area (TPSA) is 80.7 Å². The molecule has 0 aliphatic rings. The molecular weight excluding hydrogens is 232 g/mol. The first kappa shape index (κ1) is 12.7. The van der Waals surface area contributed by atoms with Gasteiger partial charge in [-0.1, -0.05) is 0 Å². The molecule has 0 saturated heterocycles. The molecule has 0 atom stereocenters. The summed E-state index contributed by atoms with van der Waals surface area (Å²) in [4.78, 5) is 10.7. The molecule has 6 heteroatoms. The summed E-state index contributed by atoms with van der Waals surface area (Å²) in [5.74, 6) is -0.247. The van der Waals surface area contributed by atoms with Gasteiger partial charge in [0, 0.05) is 5.56 Å². The number of hydrogen-bond donors (Lipinski definition) is 1. The maximum absolute atomic E-state index is 11.1. The number of ether oxygens (including phenoxy) is 1. The number of benzene rings is 1. The number of rotatable bonds is 4. The SMILES string of the molecule is CCOc1ccc(C(C)=O)cc1S(=O)(=O)O. The molecule has 88 valence electrons. The molecule has 16 heavy (non-hydrogen) atoms. The van der Waals surface area contributed by atoms with Gasteiger partial charge in [-0.05, 0) is 32.0 Å². The van der Waals surface area contributed by atoms with Crippen molar-refractivity contribution in [2.45, 2.75) is 18.7 Å². The van der Waals surface area contributed by atoms with E-state index in [1.807, 2.05) is 0 Å². The molecule has 0 heterocycles. The highest BCUT2D eigenvalue weighted by Crippen LogP contribution is 2.25. The Hall–Kier alpha value is -1.40. The Labute approximate surface area is 93.8 Å². The van der Waals surface area contributed by atoms with Gasteiger partial charge < -0.3 is 4.74 Å². The Bertz CT molecular complexity index is 504. The van der Waals surface area contributed by atoms with Crippen LogP contribution in [0.15, 0.2) is 23.1 Å². The van der Waals surface area contributed by atoms with E-state index in [4.69, 9.17) is 9.29 Å². The Morgan fingerprint density at radius 2 is 2.06 bits per heavy atom. The summed E-state index contributed by atoms with van der Waals surface area (Å²) in [6.45, 7) is 3.26. The third-order valence-corrected chi connectivity index (χ3v) is 2.80. The third kappa shape index (κ3) is 2.80. The predicted molar refractivity (Wildman–Crippen MR) is 57.4 cm³/mol. The van der Waals surface area contributed by atoms with E-state index in [9.17, 15) is 13.2 Å². The van der Waals surface area contributed by atoms with E-state index in [0.717, 1.165) is 6.07 Å². The molecule has 0 amide bonds. The zero-order valence-electron chi connectivity index (χ0n) is 8.93. The van der Waals surface area contributed by atoms with Crippen LogP contribution in [0.4, 0.5) is 0 Å². The molecule has 0 radical (unpaired) electrons. The standard InChI is InChI=1S/C10H12O5S/c1-3-15-9-5-4-8(7(2)11)6-10(9)16(12,13)14/h4-6H,3H2,1-2H3,(H,12,13,14). The maximum Gasteiger partial charge on any atom is 0.298 e.